The Balaban J connectivity index is 1.69. The van der Waals surface area contributed by atoms with Crippen LogP contribution in [0.15, 0.2) is 48.5 Å². The lowest BCUT2D eigenvalue weighted by atomic mass is 10.1. The number of aryl methyl sites for hydroxylation is 1. The first-order valence-electron chi connectivity index (χ1n) is 8.25. The van der Waals surface area contributed by atoms with Gasteiger partial charge in [-0.25, -0.2) is 0 Å². The molecule has 0 atom stereocenters. The molecule has 0 spiro atoms. The maximum Gasteiger partial charge on any atom is 0.276 e. The average molecular weight is 377 g/mol. The number of ether oxygens (including phenoxy) is 2. The van der Waals surface area contributed by atoms with Crippen molar-refractivity contribution in [2.45, 2.75) is 19.8 Å². The molecule has 0 unspecified atom stereocenters. The highest BCUT2D eigenvalue weighted by atomic mass is 35.5. The number of amides is 2. The van der Waals surface area contributed by atoms with E-state index in [1.807, 2.05) is 25.1 Å². The minimum absolute atomic E-state index is 0.235. The summed E-state index contributed by atoms with van der Waals surface area (Å²) in [6.07, 6.45) is 0.799. The van der Waals surface area contributed by atoms with Crippen molar-refractivity contribution in [3.8, 4) is 11.5 Å². The molecule has 0 aliphatic carbocycles. The van der Waals surface area contributed by atoms with Crippen molar-refractivity contribution in [1.29, 1.82) is 0 Å². The Morgan fingerprint density at radius 1 is 0.923 bits per heavy atom. The molecule has 0 bridgehead atoms. The van der Waals surface area contributed by atoms with Gasteiger partial charge in [0.05, 0.1) is 6.61 Å². The maximum absolute atomic E-state index is 11.8. The second-order valence-corrected chi connectivity index (χ2v) is 5.83. The summed E-state index contributed by atoms with van der Waals surface area (Å²) in [5, 5.41) is 0.649. The third-order valence-corrected chi connectivity index (χ3v) is 3.66. The van der Waals surface area contributed by atoms with E-state index in [2.05, 4.69) is 10.9 Å². The Kier molecular flexibility index (Phi) is 7.76. The molecule has 6 nitrogen and oxygen atoms in total. The van der Waals surface area contributed by atoms with Crippen molar-refractivity contribution in [1.82, 2.24) is 10.9 Å². The first-order valence-corrected chi connectivity index (χ1v) is 8.63. The standard InChI is InChI=1S/C19H21ClN2O4/c1-2-25-16-5-3-4-6-17(16)26-13-19(24)22-21-18(23)12-9-14-7-10-15(20)11-8-14/h3-8,10-11H,2,9,12-13H2,1H3,(H,21,23)(H,22,24). The molecule has 2 amide bonds. The molecule has 0 heterocycles. The molecule has 26 heavy (non-hydrogen) atoms. The van der Waals surface area contributed by atoms with Gasteiger partial charge in [-0.15, -0.1) is 0 Å². The van der Waals surface area contributed by atoms with Crippen LogP contribution in [0.4, 0.5) is 0 Å². The van der Waals surface area contributed by atoms with E-state index in [4.69, 9.17) is 21.1 Å². The van der Waals surface area contributed by atoms with E-state index in [-0.39, 0.29) is 18.9 Å². The highest BCUT2D eigenvalue weighted by molar-refractivity contribution is 6.30. The molecular formula is C19H21ClN2O4. The van der Waals surface area contributed by atoms with Crippen molar-refractivity contribution < 1.29 is 19.1 Å². The van der Waals surface area contributed by atoms with E-state index in [0.29, 0.717) is 29.5 Å². The fraction of sp³-hybridized carbons (Fsp3) is 0.263. The summed E-state index contributed by atoms with van der Waals surface area (Å²) in [6, 6.07) is 14.3. The van der Waals surface area contributed by atoms with Gasteiger partial charge in [-0.2, -0.15) is 0 Å². The average Bonchev–Trinajstić information content (AvgIpc) is 2.65. The number of halogens is 1. The third-order valence-electron chi connectivity index (χ3n) is 3.40. The van der Waals surface area contributed by atoms with Crippen LogP contribution in [-0.2, 0) is 16.0 Å². The summed E-state index contributed by atoms with van der Waals surface area (Å²) in [7, 11) is 0. The minimum Gasteiger partial charge on any atom is -0.490 e. The van der Waals surface area contributed by atoms with Crippen LogP contribution in [0.5, 0.6) is 11.5 Å². The predicted molar refractivity (Wildman–Crippen MR) is 99.2 cm³/mol. The Hall–Kier alpha value is -2.73. The Morgan fingerprint density at radius 2 is 1.54 bits per heavy atom. The van der Waals surface area contributed by atoms with Crippen LogP contribution in [0.3, 0.4) is 0 Å². The number of nitrogens with one attached hydrogen (secondary N) is 2. The summed E-state index contributed by atoms with van der Waals surface area (Å²) in [6.45, 7) is 2.13. The minimum atomic E-state index is -0.462. The molecule has 0 saturated carbocycles. The van der Waals surface area contributed by atoms with Gasteiger partial charge in [0.25, 0.3) is 5.91 Å². The Bertz CT molecular complexity index is 735. The lowest BCUT2D eigenvalue weighted by Gasteiger charge is -2.12. The third kappa shape index (κ3) is 6.64. The highest BCUT2D eigenvalue weighted by Crippen LogP contribution is 2.26. The summed E-state index contributed by atoms with van der Waals surface area (Å²) in [5.41, 5.74) is 5.68. The smallest absolute Gasteiger partial charge is 0.276 e. The first-order chi connectivity index (χ1) is 12.6. The number of hydrogen-bond acceptors (Lipinski definition) is 4. The van der Waals surface area contributed by atoms with E-state index in [0.717, 1.165) is 5.56 Å². The molecule has 138 valence electrons. The first kappa shape index (κ1) is 19.6. The van der Waals surface area contributed by atoms with Crippen molar-refractivity contribution in [2.75, 3.05) is 13.2 Å². The summed E-state index contributed by atoms with van der Waals surface area (Å²) in [5.74, 6) is 0.285. The summed E-state index contributed by atoms with van der Waals surface area (Å²) in [4.78, 5) is 23.6. The summed E-state index contributed by atoms with van der Waals surface area (Å²) >= 11 is 5.81. The molecule has 0 aliphatic rings. The van der Waals surface area contributed by atoms with E-state index < -0.39 is 5.91 Å². The van der Waals surface area contributed by atoms with Crippen LogP contribution in [0, 0.1) is 0 Å². The topological polar surface area (TPSA) is 76.7 Å². The number of benzene rings is 2. The molecule has 2 rings (SSSR count). The van der Waals surface area contributed by atoms with Gasteiger partial charge in [-0.3, -0.25) is 20.4 Å². The van der Waals surface area contributed by atoms with E-state index in [1.54, 1.807) is 30.3 Å². The van der Waals surface area contributed by atoms with Gasteiger partial charge >= 0.3 is 0 Å². The van der Waals surface area contributed by atoms with Gasteiger partial charge < -0.3 is 9.47 Å². The number of carbonyl (C=O) groups is 2. The Morgan fingerprint density at radius 3 is 2.19 bits per heavy atom. The van der Waals surface area contributed by atoms with Crippen molar-refractivity contribution in [2.24, 2.45) is 0 Å². The van der Waals surface area contributed by atoms with Gasteiger partial charge in [-0.1, -0.05) is 35.9 Å². The zero-order valence-corrected chi connectivity index (χ0v) is 15.2. The second kappa shape index (κ2) is 10.3. The fourth-order valence-electron chi connectivity index (χ4n) is 2.13. The molecule has 0 saturated heterocycles. The van der Waals surface area contributed by atoms with E-state index >= 15 is 0 Å². The van der Waals surface area contributed by atoms with Crippen LogP contribution in [0.1, 0.15) is 18.9 Å². The lowest BCUT2D eigenvalue weighted by Crippen LogP contribution is -2.43. The zero-order valence-electron chi connectivity index (χ0n) is 14.5. The normalized spacial score (nSPS) is 10.1. The Labute approximate surface area is 157 Å². The highest BCUT2D eigenvalue weighted by Gasteiger charge is 2.08. The van der Waals surface area contributed by atoms with Crippen LogP contribution in [0.25, 0.3) is 0 Å². The molecule has 0 aliphatic heterocycles. The monoisotopic (exact) mass is 376 g/mol. The molecule has 0 aromatic heterocycles. The molecule has 2 N–H and O–H groups in total. The molecule has 0 fully saturated rings. The predicted octanol–water partition coefficient (Wildman–Crippen LogP) is 2.90. The number of para-hydroxylation sites is 2. The molecule has 7 heteroatoms. The number of rotatable bonds is 8. The number of hydrazine groups is 1. The lowest BCUT2D eigenvalue weighted by molar-refractivity contribution is -0.130. The van der Waals surface area contributed by atoms with Crippen molar-refractivity contribution >= 4 is 23.4 Å². The van der Waals surface area contributed by atoms with Gasteiger partial charge in [0.15, 0.2) is 18.1 Å². The van der Waals surface area contributed by atoms with E-state index in [1.165, 1.54) is 0 Å². The second-order valence-electron chi connectivity index (χ2n) is 5.39. The molecule has 2 aromatic rings. The SMILES string of the molecule is CCOc1ccccc1OCC(=O)NNC(=O)CCc1ccc(Cl)cc1. The van der Waals surface area contributed by atoms with Crippen LogP contribution in [-0.4, -0.2) is 25.0 Å². The molecule has 0 radical (unpaired) electrons. The number of carbonyl (C=O) groups excluding carboxylic acids is 2. The van der Waals surface area contributed by atoms with Crippen molar-refractivity contribution in [3.05, 3.63) is 59.1 Å². The quantitative estimate of drug-likeness (QED) is 0.694. The van der Waals surface area contributed by atoms with Crippen molar-refractivity contribution in [3.63, 3.8) is 0 Å². The van der Waals surface area contributed by atoms with Crippen LogP contribution in [0.2, 0.25) is 5.02 Å². The van der Waals surface area contributed by atoms with Gasteiger partial charge in [0.1, 0.15) is 0 Å². The molecule has 2 aromatic carbocycles. The summed E-state index contributed by atoms with van der Waals surface area (Å²) < 4.78 is 10.8. The van der Waals surface area contributed by atoms with Gasteiger partial charge in [0.2, 0.25) is 5.91 Å². The van der Waals surface area contributed by atoms with Crippen LogP contribution >= 0.6 is 11.6 Å². The van der Waals surface area contributed by atoms with Gasteiger partial charge in [0, 0.05) is 11.4 Å². The van der Waals surface area contributed by atoms with Crippen LogP contribution < -0.4 is 20.3 Å². The van der Waals surface area contributed by atoms with Gasteiger partial charge in [-0.05, 0) is 43.2 Å². The largest absolute Gasteiger partial charge is 0.490 e. The fourth-order valence-corrected chi connectivity index (χ4v) is 2.26. The zero-order chi connectivity index (χ0) is 18.8. The molecular weight excluding hydrogens is 356 g/mol. The maximum atomic E-state index is 11.8. The van der Waals surface area contributed by atoms with E-state index in [9.17, 15) is 9.59 Å². The number of hydrogen-bond donors (Lipinski definition) is 2.